The van der Waals surface area contributed by atoms with Crippen LogP contribution in [0.1, 0.15) is 22.5 Å². The van der Waals surface area contributed by atoms with Crippen LogP contribution in [-0.2, 0) is 13.5 Å². The first kappa shape index (κ1) is 18.3. The maximum atomic E-state index is 12.0. The highest BCUT2D eigenvalue weighted by Gasteiger charge is 2.10. The summed E-state index contributed by atoms with van der Waals surface area (Å²) >= 11 is 0. The van der Waals surface area contributed by atoms with Crippen molar-refractivity contribution >= 4 is 18.3 Å². The Labute approximate surface area is 138 Å². The Kier molecular flexibility index (Phi) is 7.71. The van der Waals surface area contributed by atoms with Crippen molar-refractivity contribution in [2.75, 3.05) is 13.6 Å². The Morgan fingerprint density at radius 2 is 1.91 bits per heavy atom. The summed E-state index contributed by atoms with van der Waals surface area (Å²) in [6.45, 7) is 0.669. The van der Waals surface area contributed by atoms with E-state index in [1.807, 2.05) is 43.1 Å². The molecule has 5 heteroatoms. The fourth-order valence-corrected chi connectivity index (χ4v) is 2.39. The molecule has 0 radical (unpaired) electrons. The maximum absolute atomic E-state index is 12.0. The van der Waals surface area contributed by atoms with E-state index in [0.717, 1.165) is 12.8 Å². The van der Waals surface area contributed by atoms with Crippen molar-refractivity contribution in [3.8, 4) is 0 Å². The van der Waals surface area contributed by atoms with Gasteiger partial charge in [-0.05, 0) is 37.6 Å². The van der Waals surface area contributed by atoms with Crippen molar-refractivity contribution in [2.24, 2.45) is 7.05 Å². The highest BCUT2D eigenvalue weighted by Crippen LogP contribution is 2.05. The van der Waals surface area contributed by atoms with Crippen LogP contribution in [0.4, 0.5) is 0 Å². The SMILES string of the molecule is CNC(CCNC(=O)c1cccn1C)Cc1ccccc1.Cl. The summed E-state index contributed by atoms with van der Waals surface area (Å²) in [5.74, 6) is -0.0166. The lowest BCUT2D eigenvalue weighted by molar-refractivity contribution is 0.0944. The summed E-state index contributed by atoms with van der Waals surface area (Å²) in [6, 6.07) is 14.5. The molecule has 4 nitrogen and oxygen atoms in total. The van der Waals surface area contributed by atoms with Crippen molar-refractivity contribution in [3.63, 3.8) is 0 Å². The number of likely N-dealkylation sites (N-methyl/N-ethyl adjacent to an activating group) is 1. The fraction of sp³-hybridized carbons (Fsp3) is 0.353. The zero-order chi connectivity index (χ0) is 15.1. The van der Waals surface area contributed by atoms with Gasteiger partial charge in [-0.3, -0.25) is 4.79 Å². The van der Waals surface area contributed by atoms with Gasteiger partial charge in [0.1, 0.15) is 5.69 Å². The molecule has 2 N–H and O–H groups in total. The van der Waals surface area contributed by atoms with Gasteiger partial charge in [-0.25, -0.2) is 0 Å². The quantitative estimate of drug-likeness (QED) is 0.822. The zero-order valence-electron chi connectivity index (χ0n) is 13.1. The minimum Gasteiger partial charge on any atom is -0.351 e. The van der Waals surface area contributed by atoms with E-state index in [0.29, 0.717) is 18.3 Å². The van der Waals surface area contributed by atoms with E-state index in [4.69, 9.17) is 0 Å². The molecule has 1 amide bonds. The first-order valence-electron chi connectivity index (χ1n) is 7.31. The van der Waals surface area contributed by atoms with Gasteiger partial charge in [0.25, 0.3) is 5.91 Å². The molecule has 0 saturated heterocycles. The van der Waals surface area contributed by atoms with Gasteiger partial charge >= 0.3 is 0 Å². The van der Waals surface area contributed by atoms with Crippen LogP contribution in [0.3, 0.4) is 0 Å². The normalized spacial score (nSPS) is 11.5. The van der Waals surface area contributed by atoms with E-state index in [1.165, 1.54) is 5.56 Å². The van der Waals surface area contributed by atoms with Crippen LogP contribution in [-0.4, -0.2) is 30.1 Å². The number of aromatic nitrogens is 1. The van der Waals surface area contributed by atoms with E-state index in [9.17, 15) is 4.79 Å². The molecule has 0 aliphatic carbocycles. The summed E-state index contributed by atoms with van der Waals surface area (Å²) in [5, 5.41) is 6.29. The van der Waals surface area contributed by atoms with Crippen LogP contribution in [0.5, 0.6) is 0 Å². The summed E-state index contributed by atoms with van der Waals surface area (Å²) in [5.41, 5.74) is 2.00. The first-order chi connectivity index (χ1) is 10.2. The van der Waals surface area contributed by atoms with Gasteiger partial charge in [-0.2, -0.15) is 0 Å². The third-order valence-corrected chi connectivity index (χ3v) is 3.69. The number of rotatable bonds is 7. The Morgan fingerprint density at radius 3 is 2.50 bits per heavy atom. The largest absolute Gasteiger partial charge is 0.351 e. The summed E-state index contributed by atoms with van der Waals surface area (Å²) in [4.78, 5) is 12.0. The van der Waals surface area contributed by atoms with Crippen LogP contribution in [0, 0.1) is 0 Å². The van der Waals surface area contributed by atoms with E-state index in [2.05, 4.69) is 34.9 Å². The van der Waals surface area contributed by atoms with E-state index >= 15 is 0 Å². The highest BCUT2D eigenvalue weighted by atomic mass is 35.5. The van der Waals surface area contributed by atoms with E-state index in [1.54, 1.807) is 0 Å². The molecule has 1 aromatic heterocycles. The second-order valence-electron chi connectivity index (χ2n) is 5.22. The molecule has 1 atom stereocenters. The van der Waals surface area contributed by atoms with Crippen molar-refractivity contribution in [3.05, 3.63) is 59.9 Å². The molecule has 0 saturated carbocycles. The Bertz CT molecular complexity index is 568. The van der Waals surface area contributed by atoms with Crippen molar-refractivity contribution in [1.29, 1.82) is 0 Å². The number of hydrogen-bond donors (Lipinski definition) is 2. The second kappa shape index (κ2) is 9.28. The first-order valence-corrected chi connectivity index (χ1v) is 7.31. The van der Waals surface area contributed by atoms with Gasteiger partial charge in [0.2, 0.25) is 0 Å². The number of carbonyl (C=O) groups is 1. The molecule has 2 aromatic rings. The van der Waals surface area contributed by atoms with Gasteiger partial charge < -0.3 is 15.2 Å². The number of hydrogen-bond acceptors (Lipinski definition) is 2. The molecule has 2 rings (SSSR count). The Balaban J connectivity index is 0.00000242. The minimum absolute atomic E-state index is 0. The van der Waals surface area contributed by atoms with Crippen molar-refractivity contribution in [2.45, 2.75) is 18.9 Å². The standard InChI is InChI=1S/C17H23N3O.ClH/c1-18-15(13-14-7-4-3-5-8-14)10-11-19-17(21)16-9-6-12-20(16)2;/h3-9,12,15,18H,10-11,13H2,1-2H3,(H,19,21);1H. The van der Waals surface area contributed by atoms with E-state index < -0.39 is 0 Å². The van der Waals surface area contributed by atoms with Crippen LogP contribution in [0.15, 0.2) is 48.7 Å². The zero-order valence-corrected chi connectivity index (χ0v) is 13.9. The van der Waals surface area contributed by atoms with Gasteiger partial charge in [0, 0.05) is 25.8 Å². The van der Waals surface area contributed by atoms with Crippen LogP contribution in [0.2, 0.25) is 0 Å². The summed E-state index contributed by atoms with van der Waals surface area (Å²) in [7, 11) is 3.84. The number of halogens is 1. The molecule has 1 aromatic carbocycles. The summed E-state index contributed by atoms with van der Waals surface area (Å²) in [6.07, 6.45) is 3.75. The smallest absolute Gasteiger partial charge is 0.267 e. The maximum Gasteiger partial charge on any atom is 0.267 e. The third kappa shape index (κ3) is 5.20. The topological polar surface area (TPSA) is 46.1 Å². The lowest BCUT2D eigenvalue weighted by Gasteiger charge is -2.16. The van der Waals surface area contributed by atoms with Crippen LogP contribution in [0.25, 0.3) is 0 Å². The average Bonchev–Trinajstić information content (AvgIpc) is 2.93. The molecule has 1 heterocycles. The van der Waals surface area contributed by atoms with Gasteiger partial charge in [-0.1, -0.05) is 30.3 Å². The Morgan fingerprint density at radius 1 is 1.18 bits per heavy atom. The predicted molar refractivity (Wildman–Crippen MR) is 92.6 cm³/mol. The van der Waals surface area contributed by atoms with Gasteiger partial charge in [0.05, 0.1) is 0 Å². The molecule has 120 valence electrons. The predicted octanol–water partition coefficient (Wildman–Crippen LogP) is 2.40. The molecule has 0 aliphatic heterocycles. The third-order valence-electron chi connectivity index (χ3n) is 3.69. The molecule has 0 bridgehead atoms. The second-order valence-corrected chi connectivity index (χ2v) is 5.22. The van der Waals surface area contributed by atoms with Crippen molar-refractivity contribution in [1.82, 2.24) is 15.2 Å². The molecule has 0 fully saturated rings. The number of nitrogens with one attached hydrogen (secondary N) is 2. The number of carbonyl (C=O) groups excluding carboxylic acids is 1. The molecule has 22 heavy (non-hydrogen) atoms. The molecular weight excluding hydrogens is 298 g/mol. The number of benzene rings is 1. The average molecular weight is 322 g/mol. The van der Waals surface area contributed by atoms with Crippen LogP contribution >= 0.6 is 12.4 Å². The van der Waals surface area contributed by atoms with E-state index in [-0.39, 0.29) is 18.3 Å². The highest BCUT2D eigenvalue weighted by molar-refractivity contribution is 5.92. The molecule has 0 spiro atoms. The number of amides is 1. The fourth-order valence-electron chi connectivity index (χ4n) is 2.39. The molecule has 0 aliphatic rings. The Hall–Kier alpha value is -1.78. The monoisotopic (exact) mass is 321 g/mol. The minimum atomic E-state index is -0.0166. The summed E-state index contributed by atoms with van der Waals surface area (Å²) < 4.78 is 1.83. The lowest BCUT2D eigenvalue weighted by Crippen LogP contribution is -2.34. The van der Waals surface area contributed by atoms with Gasteiger partial charge in [0.15, 0.2) is 0 Å². The van der Waals surface area contributed by atoms with Crippen LogP contribution < -0.4 is 10.6 Å². The number of nitrogens with zero attached hydrogens (tertiary/aromatic N) is 1. The molecule has 1 unspecified atom stereocenters. The number of aryl methyl sites for hydroxylation is 1. The molecular formula is C17H24ClN3O. The van der Waals surface area contributed by atoms with Gasteiger partial charge in [-0.15, -0.1) is 12.4 Å². The van der Waals surface area contributed by atoms with Crippen molar-refractivity contribution < 1.29 is 4.79 Å². The lowest BCUT2D eigenvalue weighted by atomic mass is 10.0.